The molecule has 0 saturated carbocycles. The molecule has 3 heterocycles. The average Bonchev–Trinajstić information content (AvgIpc) is 3.01. The summed E-state index contributed by atoms with van der Waals surface area (Å²) in [5, 5.41) is 5.47. The number of fused-ring (bicyclic) bond motifs is 1. The molecule has 4 rings (SSSR count). The van der Waals surface area contributed by atoms with Gasteiger partial charge >= 0.3 is 0 Å². The Morgan fingerprint density at radius 3 is 2.91 bits per heavy atom. The second-order valence-corrected chi connectivity index (χ2v) is 5.87. The molecule has 5 nitrogen and oxygen atoms in total. The van der Waals surface area contributed by atoms with Crippen LogP contribution in [0.25, 0.3) is 10.9 Å². The van der Waals surface area contributed by atoms with Crippen molar-refractivity contribution in [1.82, 2.24) is 19.7 Å². The number of nitrogens with zero attached hydrogens (tertiary/aromatic N) is 5. The Labute approximate surface area is 129 Å². The van der Waals surface area contributed by atoms with Crippen molar-refractivity contribution in [1.29, 1.82) is 0 Å². The Balaban J connectivity index is 1.80. The molecule has 0 unspecified atom stereocenters. The highest BCUT2D eigenvalue weighted by atomic mass is 15.3. The third kappa shape index (κ3) is 2.22. The van der Waals surface area contributed by atoms with E-state index in [2.05, 4.69) is 38.3 Å². The van der Waals surface area contributed by atoms with Crippen LogP contribution < -0.4 is 4.90 Å². The summed E-state index contributed by atoms with van der Waals surface area (Å²) < 4.78 is 1.88. The van der Waals surface area contributed by atoms with Gasteiger partial charge in [0.15, 0.2) is 0 Å². The highest BCUT2D eigenvalue weighted by molar-refractivity contribution is 5.89. The van der Waals surface area contributed by atoms with E-state index in [1.807, 2.05) is 30.1 Å². The molecule has 1 atom stereocenters. The predicted molar refractivity (Wildman–Crippen MR) is 86.7 cm³/mol. The number of rotatable bonds is 2. The van der Waals surface area contributed by atoms with Crippen LogP contribution in [0, 0.1) is 0 Å². The summed E-state index contributed by atoms with van der Waals surface area (Å²) in [7, 11) is 1.97. The van der Waals surface area contributed by atoms with E-state index < -0.39 is 0 Å². The highest BCUT2D eigenvalue weighted by Gasteiger charge is 2.27. The molecule has 0 amide bonds. The van der Waals surface area contributed by atoms with Gasteiger partial charge in [-0.15, -0.1) is 0 Å². The molecule has 1 aliphatic heterocycles. The molecule has 0 N–H and O–H groups in total. The molecular formula is C17H19N5. The van der Waals surface area contributed by atoms with Gasteiger partial charge in [-0.2, -0.15) is 5.10 Å². The van der Waals surface area contributed by atoms with E-state index in [1.165, 1.54) is 18.4 Å². The molecule has 3 aromatic rings. The van der Waals surface area contributed by atoms with Crippen LogP contribution in [0.5, 0.6) is 0 Å². The summed E-state index contributed by atoms with van der Waals surface area (Å²) in [5.41, 5.74) is 2.27. The van der Waals surface area contributed by atoms with Gasteiger partial charge in [0.25, 0.3) is 0 Å². The van der Waals surface area contributed by atoms with Crippen molar-refractivity contribution in [3.63, 3.8) is 0 Å². The molecule has 1 saturated heterocycles. The van der Waals surface area contributed by atoms with Crippen molar-refractivity contribution >= 4 is 16.7 Å². The largest absolute Gasteiger partial charge is 0.349 e. The first kappa shape index (κ1) is 13.2. The van der Waals surface area contributed by atoms with Gasteiger partial charge in [0.1, 0.15) is 12.1 Å². The Morgan fingerprint density at radius 1 is 1.14 bits per heavy atom. The maximum atomic E-state index is 4.60. The van der Waals surface area contributed by atoms with E-state index in [4.69, 9.17) is 0 Å². The molecule has 22 heavy (non-hydrogen) atoms. The van der Waals surface area contributed by atoms with Gasteiger partial charge in [-0.25, -0.2) is 9.97 Å². The summed E-state index contributed by atoms with van der Waals surface area (Å²) in [4.78, 5) is 11.4. The zero-order valence-corrected chi connectivity index (χ0v) is 12.7. The van der Waals surface area contributed by atoms with Crippen LogP contribution in [0.2, 0.25) is 0 Å². The van der Waals surface area contributed by atoms with Crippen molar-refractivity contribution in [3.05, 3.63) is 48.5 Å². The monoisotopic (exact) mass is 293 g/mol. The van der Waals surface area contributed by atoms with Crippen LogP contribution in [0.1, 0.15) is 30.9 Å². The minimum Gasteiger partial charge on any atom is -0.349 e. The third-order valence-corrected chi connectivity index (χ3v) is 4.41. The number of hydrogen-bond acceptors (Lipinski definition) is 4. The van der Waals surface area contributed by atoms with E-state index in [0.29, 0.717) is 6.04 Å². The number of piperidine rings is 1. The predicted octanol–water partition coefficient (Wildman–Crippen LogP) is 3.09. The third-order valence-electron chi connectivity index (χ3n) is 4.41. The van der Waals surface area contributed by atoms with E-state index >= 15 is 0 Å². The number of aromatic nitrogens is 4. The summed E-state index contributed by atoms with van der Waals surface area (Å²) in [6.07, 6.45) is 9.36. The van der Waals surface area contributed by atoms with Crippen molar-refractivity contribution in [2.24, 2.45) is 7.05 Å². The van der Waals surface area contributed by atoms with E-state index in [0.717, 1.165) is 29.7 Å². The van der Waals surface area contributed by atoms with Crippen molar-refractivity contribution in [3.8, 4) is 0 Å². The standard InChI is InChI=1S/C17H19N5/c1-21-11-13(10-20-21)16-8-4-5-9-22(16)17-14-6-2-3-7-15(14)18-12-19-17/h2-3,6-7,10-12,16H,4-5,8-9H2,1H3/t16-/m0/s1. The SMILES string of the molecule is Cn1cc([C@@H]2CCCCN2c2ncnc3ccccc23)cn1. The fourth-order valence-electron chi connectivity index (χ4n) is 3.36. The second-order valence-electron chi connectivity index (χ2n) is 5.87. The number of benzene rings is 1. The summed E-state index contributed by atoms with van der Waals surface area (Å²) in [5.74, 6) is 1.04. The minimum atomic E-state index is 0.348. The summed E-state index contributed by atoms with van der Waals surface area (Å²) in [6.45, 7) is 1.03. The lowest BCUT2D eigenvalue weighted by molar-refractivity contribution is 0.470. The number of hydrogen-bond donors (Lipinski definition) is 0. The smallest absolute Gasteiger partial charge is 0.140 e. The molecule has 112 valence electrons. The topological polar surface area (TPSA) is 46.8 Å². The normalized spacial score (nSPS) is 18.8. The Hall–Kier alpha value is -2.43. The first-order valence-corrected chi connectivity index (χ1v) is 7.78. The van der Waals surface area contributed by atoms with Gasteiger partial charge in [0.2, 0.25) is 0 Å². The van der Waals surface area contributed by atoms with Crippen LogP contribution in [-0.4, -0.2) is 26.3 Å². The maximum absolute atomic E-state index is 4.60. The number of anilines is 1. The van der Waals surface area contributed by atoms with Gasteiger partial charge in [-0.1, -0.05) is 12.1 Å². The van der Waals surface area contributed by atoms with Gasteiger partial charge in [-0.3, -0.25) is 4.68 Å². The molecule has 0 radical (unpaired) electrons. The maximum Gasteiger partial charge on any atom is 0.140 e. The molecule has 2 aromatic heterocycles. The van der Waals surface area contributed by atoms with E-state index in [-0.39, 0.29) is 0 Å². The zero-order chi connectivity index (χ0) is 14.9. The molecule has 1 aromatic carbocycles. The fourth-order valence-corrected chi connectivity index (χ4v) is 3.36. The first-order valence-electron chi connectivity index (χ1n) is 7.78. The van der Waals surface area contributed by atoms with Gasteiger partial charge < -0.3 is 4.90 Å². The summed E-state index contributed by atoms with van der Waals surface area (Å²) in [6, 6.07) is 8.58. The van der Waals surface area contributed by atoms with E-state index in [9.17, 15) is 0 Å². The highest BCUT2D eigenvalue weighted by Crippen LogP contribution is 2.36. The minimum absolute atomic E-state index is 0.348. The van der Waals surface area contributed by atoms with Crippen molar-refractivity contribution in [2.45, 2.75) is 25.3 Å². The second kappa shape index (κ2) is 5.40. The lowest BCUT2D eigenvalue weighted by atomic mass is 9.97. The van der Waals surface area contributed by atoms with Gasteiger partial charge in [0, 0.05) is 30.7 Å². The number of para-hydroxylation sites is 1. The quantitative estimate of drug-likeness (QED) is 0.728. The Bertz CT molecular complexity index is 789. The fraction of sp³-hybridized carbons (Fsp3) is 0.353. The molecule has 5 heteroatoms. The zero-order valence-electron chi connectivity index (χ0n) is 12.7. The molecule has 0 bridgehead atoms. The molecule has 0 spiro atoms. The van der Waals surface area contributed by atoms with E-state index in [1.54, 1.807) is 6.33 Å². The van der Waals surface area contributed by atoms with Gasteiger partial charge in [-0.05, 0) is 31.4 Å². The number of aryl methyl sites for hydroxylation is 1. The van der Waals surface area contributed by atoms with Crippen molar-refractivity contribution in [2.75, 3.05) is 11.4 Å². The average molecular weight is 293 g/mol. The molecule has 1 fully saturated rings. The molecular weight excluding hydrogens is 274 g/mol. The Morgan fingerprint density at radius 2 is 2.05 bits per heavy atom. The van der Waals surface area contributed by atoms with Crippen molar-refractivity contribution < 1.29 is 0 Å². The van der Waals surface area contributed by atoms with Crippen LogP contribution in [0.3, 0.4) is 0 Å². The summed E-state index contributed by atoms with van der Waals surface area (Å²) >= 11 is 0. The molecule has 0 aliphatic carbocycles. The van der Waals surface area contributed by atoms with Crippen LogP contribution in [0.4, 0.5) is 5.82 Å². The first-order chi connectivity index (χ1) is 10.8. The van der Waals surface area contributed by atoms with Crippen LogP contribution in [-0.2, 0) is 7.05 Å². The lowest BCUT2D eigenvalue weighted by Crippen LogP contribution is -2.34. The Kier molecular flexibility index (Phi) is 3.25. The van der Waals surface area contributed by atoms with Gasteiger partial charge in [0.05, 0.1) is 17.8 Å². The molecule has 1 aliphatic rings. The van der Waals surface area contributed by atoms with Crippen LogP contribution >= 0.6 is 0 Å². The van der Waals surface area contributed by atoms with Crippen LogP contribution in [0.15, 0.2) is 43.0 Å². The lowest BCUT2D eigenvalue weighted by Gasteiger charge is -2.36.